The number of carbonyl (C=O) groups is 1. The van der Waals surface area contributed by atoms with E-state index in [-0.39, 0.29) is 12.8 Å². The minimum atomic E-state index is -3.93. The number of aliphatic carboxylic acids is 1. The van der Waals surface area contributed by atoms with Crippen molar-refractivity contribution in [2.45, 2.75) is 12.8 Å². The van der Waals surface area contributed by atoms with Crippen molar-refractivity contribution in [3.05, 3.63) is 6.42 Å². The van der Waals surface area contributed by atoms with Gasteiger partial charge >= 0.3 is 5.97 Å². The molecule has 11 heavy (non-hydrogen) atoms. The summed E-state index contributed by atoms with van der Waals surface area (Å²) < 4.78 is 28.3. The van der Waals surface area contributed by atoms with Crippen LogP contribution >= 0.6 is 0 Å². The van der Waals surface area contributed by atoms with E-state index in [0.717, 1.165) is 6.42 Å². The number of unbranched alkanes of at least 4 members (excludes halogenated alkanes) is 1. The molecular weight excluding hydrogens is 172 g/mol. The Hall–Kier alpha value is -0.620. The van der Waals surface area contributed by atoms with Gasteiger partial charge in [-0.25, -0.2) is 0 Å². The third kappa shape index (κ3) is 9.38. The van der Waals surface area contributed by atoms with Crippen molar-refractivity contribution in [3.8, 4) is 0 Å². The SMILES string of the molecule is O=C(O)[CH]CCCS(=O)(=O)O. The summed E-state index contributed by atoms with van der Waals surface area (Å²) in [6.45, 7) is 0. The summed E-state index contributed by atoms with van der Waals surface area (Å²) in [7, 11) is -3.93. The minimum Gasteiger partial charge on any atom is -0.481 e. The highest BCUT2D eigenvalue weighted by molar-refractivity contribution is 7.85. The first-order chi connectivity index (χ1) is 4.92. The van der Waals surface area contributed by atoms with E-state index < -0.39 is 21.8 Å². The van der Waals surface area contributed by atoms with E-state index in [4.69, 9.17) is 9.66 Å². The summed E-state index contributed by atoms with van der Waals surface area (Å²) in [6, 6.07) is 0. The van der Waals surface area contributed by atoms with Gasteiger partial charge in [0.05, 0.1) is 12.2 Å². The summed E-state index contributed by atoms with van der Waals surface area (Å²) in [5, 5.41) is 8.08. The smallest absolute Gasteiger partial charge is 0.307 e. The van der Waals surface area contributed by atoms with Crippen LogP contribution in [0.5, 0.6) is 0 Å². The molecule has 0 atom stereocenters. The topological polar surface area (TPSA) is 91.7 Å². The van der Waals surface area contributed by atoms with Crippen LogP contribution in [0.1, 0.15) is 12.8 Å². The van der Waals surface area contributed by atoms with Crippen molar-refractivity contribution < 1.29 is 22.9 Å². The predicted octanol–water partition coefficient (Wildman–Crippen LogP) is -0.0567. The Morgan fingerprint density at radius 1 is 1.45 bits per heavy atom. The van der Waals surface area contributed by atoms with Crippen LogP contribution < -0.4 is 0 Å². The third-order valence-corrected chi connectivity index (χ3v) is 1.73. The quantitative estimate of drug-likeness (QED) is 0.458. The number of carboxylic acid groups (broad SMARTS) is 1. The van der Waals surface area contributed by atoms with Gasteiger partial charge in [0.2, 0.25) is 0 Å². The lowest BCUT2D eigenvalue weighted by molar-refractivity contribution is -0.133. The molecule has 65 valence electrons. The van der Waals surface area contributed by atoms with Crippen LogP contribution in [0.25, 0.3) is 0 Å². The Balaban J connectivity index is 3.37. The van der Waals surface area contributed by atoms with Crippen LogP contribution in [0, 0.1) is 6.42 Å². The van der Waals surface area contributed by atoms with Crippen LogP contribution in [0.15, 0.2) is 0 Å². The molecule has 0 spiro atoms. The Bertz CT molecular complexity index is 217. The first kappa shape index (κ1) is 10.4. The zero-order valence-corrected chi connectivity index (χ0v) is 6.54. The monoisotopic (exact) mass is 181 g/mol. The highest BCUT2D eigenvalue weighted by Gasteiger charge is 2.04. The summed E-state index contributed by atoms with van der Waals surface area (Å²) >= 11 is 0. The van der Waals surface area contributed by atoms with Gasteiger partial charge in [-0.1, -0.05) is 0 Å². The van der Waals surface area contributed by atoms with Gasteiger partial charge in [0.1, 0.15) is 0 Å². The van der Waals surface area contributed by atoms with E-state index in [1.54, 1.807) is 0 Å². The number of rotatable bonds is 5. The Morgan fingerprint density at radius 3 is 2.36 bits per heavy atom. The summed E-state index contributed by atoms with van der Waals surface area (Å²) in [4.78, 5) is 9.86. The van der Waals surface area contributed by atoms with Gasteiger partial charge in [-0.05, 0) is 12.8 Å². The third-order valence-electron chi connectivity index (χ3n) is 0.925. The first-order valence-electron chi connectivity index (χ1n) is 2.93. The molecule has 2 N–H and O–H groups in total. The normalized spacial score (nSPS) is 11.4. The van der Waals surface area contributed by atoms with Crippen molar-refractivity contribution >= 4 is 16.1 Å². The van der Waals surface area contributed by atoms with Gasteiger partial charge in [0.25, 0.3) is 10.1 Å². The molecule has 0 aliphatic rings. The number of hydrogen-bond donors (Lipinski definition) is 2. The van der Waals surface area contributed by atoms with E-state index in [1.165, 1.54) is 0 Å². The lowest BCUT2D eigenvalue weighted by Crippen LogP contribution is -2.05. The van der Waals surface area contributed by atoms with E-state index in [2.05, 4.69) is 0 Å². The van der Waals surface area contributed by atoms with Gasteiger partial charge in [-0.15, -0.1) is 0 Å². The van der Waals surface area contributed by atoms with Crippen molar-refractivity contribution in [1.82, 2.24) is 0 Å². The maximum absolute atomic E-state index is 10.1. The molecule has 0 aromatic rings. The molecule has 0 amide bonds. The molecule has 0 heterocycles. The summed E-state index contributed by atoms with van der Waals surface area (Å²) in [5.41, 5.74) is 0. The zero-order chi connectivity index (χ0) is 8.91. The molecule has 0 saturated heterocycles. The second-order valence-electron chi connectivity index (χ2n) is 1.97. The fraction of sp³-hybridized carbons (Fsp3) is 0.600. The van der Waals surface area contributed by atoms with Gasteiger partial charge in [0.15, 0.2) is 0 Å². The summed E-state index contributed by atoms with van der Waals surface area (Å²) in [5.74, 6) is -1.48. The van der Waals surface area contributed by atoms with Crippen molar-refractivity contribution in [1.29, 1.82) is 0 Å². The zero-order valence-electron chi connectivity index (χ0n) is 5.73. The molecule has 1 radical (unpaired) electrons. The maximum atomic E-state index is 10.1. The minimum absolute atomic E-state index is 0.130. The highest BCUT2D eigenvalue weighted by atomic mass is 32.2. The van der Waals surface area contributed by atoms with Gasteiger partial charge in [0, 0.05) is 0 Å². The van der Waals surface area contributed by atoms with E-state index in [0.29, 0.717) is 0 Å². The largest absolute Gasteiger partial charge is 0.481 e. The molecule has 0 aromatic carbocycles. The van der Waals surface area contributed by atoms with E-state index in [1.807, 2.05) is 0 Å². The van der Waals surface area contributed by atoms with Crippen molar-refractivity contribution in [2.24, 2.45) is 0 Å². The van der Waals surface area contributed by atoms with Gasteiger partial charge in [-0.2, -0.15) is 8.42 Å². The highest BCUT2D eigenvalue weighted by Crippen LogP contribution is 1.96. The van der Waals surface area contributed by atoms with Crippen LogP contribution in [-0.2, 0) is 14.9 Å². The predicted molar refractivity (Wildman–Crippen MR) is 37.6 cm³/mol. The summed E-state index contributed by atoms with van der Waals surface area (Å²) in [6.07, 6.45) is 1.23. The molecular formula is C5H9O5S. The van der Waals surface area contributed by atoms with Crippen molar-refractivity contribution in [3.63, 3.8) is 0 Å². The second-order valence-corrected chi connectivity index (χ2v) is 3.54. The van der Waals surface area contributed by atoms with Crippen molar-refractivity contribution in [2.75, 3.05) is 5.75 Å². The first-order valence-corrected chi connectivity index (χ1v) is 4.54. The molecule has 5 nitrogen and oxygen atoms in total. The van der Waals surface area contributed by atoms with E-state index in [9.17, 15) is 13.2 Å². The van der Waals surface area contributed by atoms with Crippen LogP contribution in [-0.4, -0.2) is 29.8 Å². The van der Waals surface area contributed by atoms with Crippen LogP contribution in [0.4, 0.5) is 0 Å². The van der Waals surface area contributed by atoms with Crippen LogP contribution in [0.2, 0.25) is 0 Å². The molecule has 0 bridgehead atoms. The average Bonchev–Trinajstić information content (AvgIpc) is 1.78. The maximum Gasteiger partial charge on any atom is 0.307 e. The van der Waals surface area contributed by atoms with E-state index >= 15 is 0 Å². The van der Waals surface area contributed by atoms with Crippen LogP contribution in [0.3, 0.4) is 0 Å². The average molecular weight is 181 g/mol. The molecule has 0 aromatic heterocycles. The Morgan fingerprint density at radius 2 is 2.00 bits per heavy atom. The molecule has 0 aliphatic carbocycles. The molecule has 0 unspecified atom stereocenters. The molecule has 6 heteroatoms. The number of hydrogen-bond acceptors (Lipinski definition) is 3. The van der Waals surface area contributed by atoms with Gasteiger partial charge < -0.3 is 5.11 Å². The number of carboxylic acids is 1. The Labute approximate surface area is 64.8 Å². The van der Waals surface area contributed by atoms with Gasteiger partial charge in [-0.3, -0.25) is 9.35 Å². The lowest BCUT2D eigenvalue weighted by atomic mass is 10.3. The fourth-order valence-electron chi connectivity index (χ4n) is 0.491. The molecule has 0 rings (SSSR count). The lowest BCUT2D eigenvalue weighted by Gasteiger charge is -1.94. The molecule has 0 saturated carbocycles. The second kappa shape index (κ2) is 4.30. The standard InChI is InChI=1S/C5H9O5S/c6-5(7)3-1-2-4-11(8,9)10/h3H,1-2,4H2,(H,6,7)(H,8,9,10). The molecule has 0 aliphatic heterocycles. The Kier molecular flexibility index (Phi) is 4.06. The molecule has 0 fully saturated rings. The fourth-order valence-corrected chi connectivity index (χ4v) is 1.02.